The topological polar surface area (TPSA) is 115 Å². The molecule has 0 aromatic heterocycles. The molecule has 2 atom stereocenters. The number of alkyl halides is 1. The van der Waals surface area contributed by atoms with Crippen LogP contribution in [0.3, 0.4) is 0 Å². The predicted molar refractivity (Wildman–Crippen MR) is 81.5 cm³/mol. The van der Waals surface area contributed by atoms with Gasteiger partial charge in [-0.1, -0.05) is 45.0 Å². The zero-order chi connectivity index (χ0) is 17.1. The van der Waals surface area contributed by atoms with E-state index in [1.807, 2.05) is 0 Å². The highest BCUT2D eigenvalue weighted by atomic mass is 35.5. The quantitative estimate of drug-likeness (QED) is 0.536. The molecular formula is C13H20ClNO5S. The summed E-state index contributed by atoms with van der Waals surface area (Å²) in [6.45, 7) is 8.47. The van der Waals surface area contributed by atoms with Crippen molar-refractivity contribution in [3.05, 3.63) is 24.1 Å². The van der Waals surface area contributed by atoms with E-state index in [0.29, 0.717) is 5.41 Å². The lowest BCUT2D eigenvalue weighted by Gasteiger charge is -2.24. The van der Waals surface area contributed by atoms with E-state index in [1.165, 1.54) is 6.08 Å². The Morgan fingerprint density at radius 3 is 2.14 bits per heavy atom. The van der Waals surface area contributed by atoms with E-state index in [0.717, 1.165) is 6.08 Å². The largest absolute Gasteiger partial charge is 0.481 e. The van der Waals surface area contributed by atoms with Crippen molar-refractivity contribution in [3.8, 4) is 0 Å². The normalized spacial score (nSPS) is 17.2. The van der Waals surface area contributed by atoms with Gasteiger partial charge in [-0.2, -0.15) is 0 Å². The second-order valence-corrected chi connectivity index (χ2v) is 8.51. The molecule has 0 amide bonds. The van der Waals surface area contributed by atoms with Gasteiger partial charge in [0.1, 0.15) is 0 Å². The van der Waals surface area contributed by atoms with Gasteiger partial charge in [0, 0.05) is 5.41 Å². The van der Waals surface area contributed by atoms with Crippen LogP contribution >= 0.6 is 11.6 Å². The van der Waals surface area contributed by atoms with Gasteiger partial charge in [0.15, 0.2) is 5.78 Å². The van der Waals surface area contributed by atoms with Gasteiger partial charge >= 0.3 is 5.97 Å². The van der Waals surface area contributed by atoms with Crippen LogP contribution in [-0.2, 0) is 19.4 Å². The maximum atomic E-state index is 12.2. The van der Waals surface area contributed by atoms with Crippen LogP contribution in [0, 0.1) is 5.41 Å². The second kappa shape index (κ2) is 6.72. The number of rotatable bonds is 7. The molecule has 0 bridgehead atoms. The average Bonchev–Trinajstić information content (AvgIpc) is 2.32. The minimum atomic E-state index is -4.24. The molecule has 0 saturated heterocycles. The lowest BCUT2D eigenvalue weighted by atomic mass is 9.95. The summed E-state index contributed by atoms with van der Waals surface area (Å²) >= 11 is 6.00. The zero-order valence-corrected chi connectivity index (χ0v) is 13.7. The minimum absolute atomic E-state index is 0.437. The Morgan fingerprint density at radius 2 is 1.81 bits per heavy atom. The molecular weight excluding hydrogens is 318 g/mol. The fourth-order valence-corrected chi connectivity index (χ4v) is 2.65. The lowest BCUT2D eigenvalue weighted by molar-refractivity contribution is -0.139. The van der Waals surface area contributed by atoms with Crippen LogP contribution in [0.15, 0.2) is 24.1 Å². The fraction of sp³-hybridized carbons (Fsp3) is 0.538. The van der Waals surface area contributed by atoms with Crippen LogP contribution < -0.4 is 5.73 Å². The lowest BCUT2D eigenvalue weighted by Crippen LogP contribution is -2.49. The maximum Gasteiger partial charge on any atom is 0.305 e. The van der Waals surface area contributed by atoms with Crippen molar-refractivity contribution in [2.24, 2.45) is 11.1 Å². The molecule has 0 aliphatic carbocycles. The summed E-state index contributed by atoms with van der Waals surface area (Å²) in [5.74, 6) is -2.43. The summed E-state index contributed by atoms with van der Waals surface area (Å²) in [6.07, 6.45) is 1.76. The van der Waals surface area contributed by atoms with Crippen LogP contribution in [0.4, 0.5) is 0 Å². The molecule has 0 fully saturated rings. The number of carboxylic acids is 1. The smallest absolute Gasteiger partial charge is 0.305 e. The van der Waals surface area contributed by atoms with Crippen molar-refractivity contribution in [2.75, 3.05) is 0 Å². The Bertz CT molecular complexity index is 562. The average molecular weight is 338 g/mol. The molecule has 8 heteroatoms. The summed E-state index contributed by atoms with van der Waals surface area (Å²) in [5.41, 5.74) is 5.01. The SMILES string of the molecule is C=CS(=O)(=O)C(Cl)(C=CC(C)(C)C)C(=O)[C@@H](N)CC(=O)O. The molecule has 0 radical (unpaired) electrons. The third-order valence-electron chi connectivity index (χ3n) is 2.50. The first-order valence-electron chi connectivity index (χ1n) is 6.05. The number of halogens is 1. The molecule has 3 N–H and O–H groups in total. The van der Waals surface area contributed by atoms with Gasteiger partial charge in [-0.3, -0.25) is 9.59 Å². The number of carbonyl (C=O) groups excluding carboxylic acids is 1. The van der Waals surface area contributed by atoms with Crippen LogP contribution in [-0.4, -0.2) is 35.5 Å². The first kappa shape index (κ1) is 19.8. The molecule has 1 unspecified atom stereocenters. The van der Waals surface area contributed by atoms with E-state index in [4.69, 9.17) is 22.4 Å². The van der Waals surface area contributed by atoms with Crippen molar-refractivity contribution >= 4 is 33.2 Å². The summed E-state index contributed by atoms with van der Waals surface area (Å²) in [4.78, 5) is 22.8. The third kappa shape index (κ3) is 5.26. The van der Waals surface area contributed by atoms with Crippen LogP contribution in [0.25, 0.3) is 0 Å². The summed E-state index contributed by atoms with van der Waals surface area (Å²) in [5, 5.41) is 9.21. The van der Waals surface area contributed by atoms with E-state index < -0.39 is 43.7 Å². The molecule has 0 aromatic rings. The number of carboxylic acid groups (broad SMARTS) is 1. The van der Waals surface area contributed by atoms with Gasteiger partial charge < -0.3 is 10.8 Å². The number of hydrogen-bond donors (Lipinski definition) is 2. The van der Waals surface area contributed by atoms with E-state index in [-0.39, 0.29) is 0 Å². The Hall–Kier alpha value is -1.18. The van der Waals surface area contributed by atoms with Gasteiger partial charge in [0.05, 0.1) is 12.5 Å². The minimum Gasteiger partial charge on any atom is -0.481 e. The van der Waals surface area contributed by atoms with Crippen LogP contribution in [0.2, 0.25) is 0 Å². The Morgan fingerprint density at radius 1 is 1.33 bits per heavy atom. The molecule has 120 valence electrons. The maximum absolute atomic E-state index is 12.2. The zero-order valence-electron chi connectivity index (χ0n) is 12.2. The van der Waals surface area contributed by atoms with Crippen molar-refractivity contribution in [1.29, 1.82) is 0 Å². The number of sulfone groups is 1. The Labute approximate surface area is 129 Å². The standard InChI is InChI=1S/C13H20ClNO5S/c1-5-21(19,20)13(14,7-6-12(2,3)4)11(18)9(15)8-10(16)17/h5-7,9H,1,8,15H2,2-4H3,(H,16,17)/t9-,13?/m0/s1. The fourth-order valence-electron chi connectivity index (χ4n) is 1.33. The molecule has 0 rings (SSSR count). The van der Waals surface area contributed by atoms with Crippen molar-refractivity contribution < 1.29 is 23.1 Å². The number of ketones is 1. The highest BCUT2D eigenvalue weighted by Crippen LogP contribution is 2.31. The number of Topliss-reactive ketones (excluding diaryl/α,β-unsaturated/α-hetero) is 1. The van der Waals surface area contributed by atoms with Gasteiger partial charge in [0.2, 0.25) is 14.0 Å². The number of aliphatic carboxylic acids is 1. The molecule has 0 aliphatic heterocycles. The summed E-state index contributed by atoms with van der Waals surface area (Å²) in [7, 11) is -4.24. The molecule has 21 heavy (non-hydrogen) atoms. The molecule has 6 nitrogen and oxygen atoms in total. The van der Waals surface area contributed by atoms with Crippen molar-refractivity contribution in [1.82, 2.24) is 0 Å². The Balaban J connectivity index is 5.86. The monoisotopic (exact) mass is 337 g/mol. The van der Waals surface area contributed by atoms with Crippen LogP contribution in [0.5, 0.6) is 0 Å². The first-order valence-corrected chi connectivity index (χ1v) is 7.97. The van der Waals surface area contributed by atoms with Crippen LogP contribution in [0.1, 0.15) is 27.2 Å². The van der Waals surface area contributed by atoms with Gasteiger partial charge in [0.25, 0.3) is 0 Å². The second-order valence-electron chi connectivity index (χ2n) is 5.62. The first-order chi connectivity index (χ1) is 9.27. The number of nitrogens with two attached hydrogens (primary N) is 1. The number of hydrogen-bond acceptors (Lipinski definition) is 5. The van der Waals surface area contributed by atoms with Gasteiger partial charge in [-0.15, -0.1) is 0 Å². The molecule has 0 spiro atoms. The third-order valence-corrected chi connectivity index (χ3v) is 5.06. The van der Waals surface area contributed by atoms with Crippen molar-refractivity contribution in [2.45, 2.75) is 37.4 Å². The van der Waals surface area contributed by atoms with Gasteiger partial charge in [-0.25, -0.2) is 8.42 Å². The predicted octanol–water partition coefficient (Wildman–Crippen LogP) is 1.45. The van der Waals surface area contributed by atoms with E-state index in [9.17, 15) is 18.0 Å². The molecule has 0 heterocycles. The highest BCUT2D eigenvalue weighted by Gasteiger charge is 2.47. The van der Waals surface area contributed by atoms with Crippen molar-refractivity contribution in [3.63, 3.8) is 0 Å². The molecule has 0 aromatic carbocycles. The number of allylic oxidation sites excluding steroid dienone is 1. The summed E-state index contributed by atoms with van der Waals surface area (Å²) in [6, 6.07) is -1.54. The van der Waals surface area contributed by atoms with E-state index >= 15 is 0 Å². The molecule has 0 saturated carbocycles. The summed E-state index contributed by atoms with van der Waals surface area (Å²) < 4.78 is 21.6. The molecule has 0 aliphatic rings. The van der Waals surface area contributed by atoms with E-state index in [2.05, 4.69) is 6.58 Å². The van der Waals surface area contributed by atoms with E-state index in [1.54, 1.807) is 20.8 Å². The Kier molecular flexibility index (Phi) is 6.34. The number of carbonyl (C=O) groups is 2. The highest BCUT2D eigenvalue weighted by molar-refractivity contribution is 7.97. The van der Waals surface area contributed by atoms with Gasteiger partial charge in [-0.05, 0) is 11.5 Å².